The Hall–Kier alpha value is -0.990. The summed E-state index contributed by atoms with van der Waals surface area (Å²) < 4.78 is 0. The maximum absolute atomic E-state index is 12.5. The van der Waals surface area contributed by atoms with Crippen molar-refractivity contribution in [1.29, 1.82) is 0 Å². The highest BCUT2D eigenvalue weighted by molar-refractivity contribution is 6.14. The van der Waals surface area contributed by atoms with Crippen LogP contribution < -0.4 is 5.32 Å². The summed E-state index contributed by atoms with van der Waals surface area (Å²) >= 11 is 0. The maximum atomic E-state index is 12.5. The van der Waals surface area contributed by atoms with E-state index in [9.17, 15) is 9.90 Å². The molecular formula is C20H35ClN4O3. The Morgan fingerprint density at radius 1 is 1.04 bits per heavy atom. The lowest BCUT2D eigenvalue weighted by Gasteiger charge is -2.34. The molecule has 2 heterocycles. The van der Waals surface area contributed by atoms with Crippen LogP contribution >= 0.6 is 12.4 Å². The minimum atomic E-state index is 0. The Morgan fingerprint density at radius 2 is 1.68 bits per heavy atom. The van der Waals surface area contributed by atoms with Gasteiger partial charge in [-0.3, -0.25) is 19.6 Å². The first-order valence-corrected chi connectivity index (χ1v) is 10.4. The molecule has 1 atom stereocenters. The smallest absolute Gasteiger partial charge is 0.168 e. The number of carbonyl (C=O) groups excluding carboxylic acids is 1. The van der Waals surface area contributed by atoms with Gasteiger partial charge in [0.2, 0.25) is 0 Å². The molecule has 0 saturated carbocycles. The molecule has 2 fully saturated rings. The number of piperazine rings is 1. The number of hydrogen-bond donors (Lipinski definition) is 3. The molecule has 3 aliphatic rings. The van der Waals surface area contributed by atoms with Crippen LogP contribution in [0.1, 0.15) is 25.7 Å². The van der Waals surface area contributed by atoms with Crippen molar-refractivity contribution in [2.75, 3.05) is 65.5 Å². The van der Waals surface area contributed by atoms with E-state index in [2.05, 4.69) is 20.1 Å². The number of Topliss-reactive ketones (excluding diaryl/α,β-unsaturated/α-hetero) is 1. The van der Waals surface area contributed by atoms with E-state index in [0.717, 1.165) is 65.2 Å². The van der Waals surface area contributed by atoms with Crippen molar-refractivity contribution in [2.45, 2.75) is 25.7 Å². The lowest BCUT2D eigenvalue weighted by molar-refractivity contribution is -0.117. The number of aliphatic imine (C=N–C) groups is 1. The van der Waals surface area contributed by atoms with Crippen LogP contribution in [0.3, 0.4) is 0 Å². The monoisotopic (exact) mass is 414 g/mol. The third-order valence-corrected chi connectivity index (χ3v) is 6.21. The molecule has 2 aliphatic heterocycles. The van der Waals surface area contributed by atoms with Crippen LogP contribution in [0.4, 0.5) is 0 Å². The molecule has 2 saturated heterocycles. The van der Waals surface area contributed by atoms with Crippen LogP contribution in [-0.4, -0.2) is 97.5 Å². The van der Waals surface area contributed by atoms with Crippen molar-refractivity contribution in [3.8, 4) is 0 Å². The molecule has 3 rings (SSSR count). The second-order valence-electron chi connectivity index (χ2n) is 7.98. The van der Waals surface area contributed by atoms with Crippen molar-refractivity contribution >= 4 is 24.4 Å². The number of nitrogens with one attached hydrogen (secondary N) is 1. The van der Waals surface area contributed by atoms with E-state index >= 15 is 0 Å². The largest absolute Gasteiger partial charge is 0.511 e. The Morgan fingerprint density at radius 3 is 2.29 bits per heavy atom. The molecule has 160 valence electrons. The third kappa shape index (κ3) is 6.52. The van der Waals surface area contributed by atoms with Gasteiger partial charge in [0.15, 0.2) is 5.78 Å². The lowest BCUT2D eigenvalue weighted by Crippen LogP contribution is -2.47. The molecule has 28 heavy (non-hydrogen) atoms. The number of hydrogen-bond acceptors (Lipinski definition) is 7. The quantitative estimate of drug-likeness (QED) is 0.536. The van der Waals surface area contributed by atoms with Gasteiger partial charge in [-0.15, -0.1) is 12.4 Å². The molecule has 0 aromatic rings. The Balaban J connectivity index is 0.00000280. The molecule has 0 amide bonds. The van der Waals surface area contributed by atoms with Crippen LogP contribution in [0.15, 0.2) is 16.3 Å². The molecule has 1 aliphatic carbocycles. The summed E-state index contributed by atoms with van der Waals surface area (Å²) in [5, 5.41) is 22.7. The SMILES string of the molecule is Cl.O=C1CC(C2CCNCC2)CC(O)=C1C=NCCN1CCN(CCO)CC1. The van der Waals surface area contributed by atoms with Gasteiger partial charge < -0.3 is 15.5 Å². The van der Waals surface area contributed by atoms with E-state index in [0.29, 0.717) is 30.9 Å². The molecular weight excluding hydrogens is 380 g/mol. The van der Waals surface area contributed by atoms with Gasteiger partial charge >= 0.3 is 0 Å². The normalized spacial score (nSPS) is 26.0. The van der Waals surface area contributed by atoms with E-state index < -0.39 is 0 Å². The van der Waals surface area contributed by atoms with Gasteiger partial charge in [0.1, 0.15) is 5.76 Å². The predicted molar refractivity (Wildman–Crippen MR) is 114 cm³/mol. The minimum absolute atomic E-state index is 0. The number of aliphatic hydroxyl groups excluding tert-OH is 2. The second kappa shape index (κ2) is 11.9. The van der Waals surface area contributed by atoms with Crippen LogP contribution in [0.25, 0.3) is 0 Å². The fourth-order valence-corrected chi connectivity index (χ4v) is 4.47. The van der Waals surface area contributed by atoms with Crippen molar-refractivity contribution in [3.05, 3.63) is 11.3 Å². The van der Waals surface area contributed by atoms with Gasteiger partial charge in [0.25, 0.3) is 0 Å². The minimum Gasteiger partial charge on any atom is -0.511 e. The number of carbonyl (C=O) groups is 1. The molecule has 7 nitrogen and oxygen atoms in total. The van der Waals surface area contributed by atoms with Crippen LogP contribution in [0.2, 0.25) is 0 Å². The highest BCUT2D eigenvalue weighted by atomic mass is 35.5. The number of aliphatic hydroxyl groups is 2. The number of halogens is 1. The zero-order valence-corrected chi connectivity index (χ0v) is 17.5. The van der Waals surface area contributed by atoms with E-state index in [1.807, 2.05) is 0 Å². The van der Waals surface area contributed by atoms with Gasteiger partial charge in [0.05, 0.1) is 18.7 Å². The van der Waals surface area contributed by atoms with Crippen molar-refractivity contribution < 1.29 is 15.0 Å². The van der Waals surface area contributed by atoms with Crippen LogP contribution in [0.5, 0.6) is 0 Å². The Bertz CT molecular complexity index is 556. The van der Waals surface area contributed by atoms with E-state index in [-0.39, 0.29) is 36.5 Å². The summed E-state index contributed by atoms with van der Waals surface area (Å²) in [7, 11) is 0. The molecule has 8 heteroatoms. The fourth-order valence-electron chi connectivity index (χ4n) is 4.47. The summed E-state index contributed by atoms with van der Waals surface area (Å²) in [6, 6.07) is 0. The number of ketones is 1. The van der Waals surface area contributed by atoms with Gasteiger partial charge in [0, 0.05) is 58.3 Å². The molecule has 0 spiro atoms. The lowest BCUT2D eigenvalue weighted by atomic mass is 9.75. The third-order valence-electron chi connectivity index (χ3n) is 6.21. The van der Waals surface area contributed by atoms with Gasteiger partial charge in [-0.25, -0.2) is 0 Å². The highest BCUT2D eigenvalue weighted by Crippen LogP contribution is 2.34. The first-order chi connectivity index (χ1) is 13.2. The number of nitrogens with zero attached hydrogens (tertiary/aromatic N) is 3. The van der Waals surface area contributed by atoms with Crippen molar-refractivity contribution in [3.63, 3.8) is 0 Å². The maximum Gasteiger partial charge on any atom is 0.168 e. The van der Waals surface area contributed by atoms with Gasteiger partial charge in [-0.05, 0) is 37.8 Å². The second-order valence-corrected chi connectivity index (χ2v) is 7.98. The molecule has 3 N–H and O–H groups in total. The average molecular weight is 415 g/mol. The number of piperidine rings is 1. The van der Waals surface area contributed by atoms with Gasteiger partial charge in [-0.1, -0.05) is 0 Å². The molecule has 0 bridgehead atoms. The number of allylic oxidation sites excluding steroid dienone is 2. The van der Waals surface area contributed by atoms with Crippen LogP contribution in [0, 0.1) is 11.8 Å². The highest BCUT2D eigenvalue weighted by Gasteiger charge is 2.32. The van der Waals surface area contributed by atoms with Gasteiger partial charge in [-0.2, -0.15) is 0 Å². The molecule has 0 aromatic carbocycles. The standard InChI is InChI=1S/C20H34N4O3.ClH/c25-12-11-24-9-7-23(8-10-24)6-5-22-15-18-19(26)13-17(14-20(18)27)16-1-3-21-4-2-16;/h15-17,21,25-26H,1-14H2;1H. The zero-order valence-electron chi connectivity index (χ0n) is 16.7. The van der Waals surface area contributed by atoms with E-state index in [1.165, 1.54) is 0 Å². The number of rotatable bonds is 7. The van der Waals surface area contributed by atoms with Crippen LogP contribution in [-0.2, 0) is 4.79 Å². The summed E-state index contributed by atoms with van der Waals surface area (Å²) in [5.74, 6) is 1.10. The molecule has 0 radical (unpaired) electrons. The summed E-state index contributed by atoms with van der Waals surface area (Å²) in [6.45, 7) is 8.44. The zero-order chi connectivity index (χ0) is 19.1. The molecule has 0 aromatic heterocycles. The molecule has 1 unspecified atom stereocenters. The number of β-amino-alcohol motifs (C(OH)–C–C–N with tert-alkyl or cyclic N) is 1. The van der Waals surface area contributed by atoms with E-state index in [4.69, 9.17) is 5.11 Å². The Kier molecular flexibility index (Phi) is 9.88. The Labute approximate surface area is 174 Å². The first-order valence-electron chi connectivity index (χ1n) is 10.4. The summed E-state index contributed by atoms with van der Waals surface area (Å²) in [6.07, 6.45) is 4.95. The summed E-state index contributed by atoms with van der Waals surface area (Å²) in [4.78, 5) is 21.5. The summed E-state index contributed by atoms with van der Waals surface area (Å²) in [5.41, 5.74) is 0.424. The fraction of sp³-hybridized carbons (Fsp3) is 0.800. The average Bonchev–Trinajstić information content (AvgIpc) is 2.69. The topological polar surface area (TPSA) is 88.4 Å². The predicted octanol–water partition coefficient (Wildman–Crippen LogP) is 0.880. The van der Waals surface area contributed by atoms with Crippen molar-refractivity contribution in [2.24, 2.45) is 16.8 Å². The first kappa shape index (κ1) is 23.3. The van der Waals surface area contributed by atoms with E-state index in [1.54, 1.807) is 6.21 Å². The van der Waals surface area contributed by atoms with Crippen molar-refractivity contribution in [1.82, 2.24) is 15.1 Å².